The van der Waals surface area contributed by atoms with Gasteiger partial charge in [0.25, 0.3) is 0 Å². The lowest BCUT2D eigenvalue weighted by molar-refractivity contribution is -0.138. The first-order valence-electron chi connectivity index (χ1n) is 4.84. The first kappa shape index (κ1) is 12.6. The van der Waals surface area contributed by atoms with E-state index in [0.717, 1.165) is 6.07 Å². The molecule has 16 heavy (non-hydrogen) atoms. The Hall–Kier alpha value is -1.43. The zero-order valence-electron chi connectivity index (χ0n) is 9.44. The molecule has 0 nitrogen and oxygen atoms in total. The van der Waals surface area contributed by atoms with Crippen LogP contribution in [0.5, 0.6) is 0 Å². The molecule has 0 heterocycles. The summed E-state index contributed by atoms with van der Waals surface area (Å²) in [6, 6.07) is 4.02. The number of hydrogen-bond acceptors (Lipinski definition) is 0. The molecule has 0 aliphatic heterocycles. The largest absolute Gasteiger partial charge is 0.416 e. The molecule has 0 amide bonds. The monoisotopic (exact) mass is 226 g/mol. The SMILES string of the molecule is C#Cc1ccc(C(C)(C)C)c(C(F)(F)F)c1. The van der Waals surface area contributed by atoms with Gasteiger partial charge in [-0.15, -0.1) is 6.42 Å². The summed E-state index contributed by atoms with van der Waals surface area (Å²) in [5.74, 6) is 2.22. The minimum absolute atomic E-state index is 0.250. The summed E-state index contributed by atoms with van der Waals surface area (Å²) >= 11 is 0. The maximum absolute atomic E-state index is 12.8. The zero-order chi connectivity index (χ0) is 12.6. The van der Waals surface area contributed by atoms with E-state index in [4.69, 9.17) is 6.42 Å². The molecule has 3 heteroatoms. The molecule has 0 bridgehead atoms. The van der Waals surface area contributed by atoms with Gasteiger partial charge in [0, 0.05) is 5.56 Å². The van der Waals surface area contributed by atoms with Gasteiger partial charge in [-0.25, -0.2) is 0 Å². The Balaban J connectivity index is 3.47. The number of hydrogen-bond donors (Lipinski definition) is 0. The molecule has 0 fully saturated rings. The van der Waals surface area contributed by atoms with E-state index in [-0.39, 0.29) is 11.1 Å². The highest BCUT2D eigenvalue weighted by Gasteiger charge is 2.36. The third kappa shape index (κ3) is 2.57. The van der Waals surface area contributed by atoms with Crippen LogP contribution in [0.4, 0.5) is 13.2 Å². The molecular formula is C13H13F3. The summed E-state index contributed by atoms with van der Waals surface area (Å²) < 4.78 is 38.5. The molecule has 0 aromatic heterocycles. The fourth-order valence-corrected chi connectivity index (χ4v) is 1.52. The average Bonchev–Trinajstić information content (AvgIpc) is 2.14. The van der Waals surface area contributed by atoms with Gasteiger partial charge in [-0.05, 0) is 23.1 Å². The van der Waals surface area contributed by atoms with Gasteiger partial charge in [-0.3, -0.25) is 0 Å². The molecular weight excluding hydrogens is 213 g/mol. The predicted molar refractivity (Wildman–Crippen MR) is 58.1 cm³/mol. The van der Waals surface area contributed by atoms with Gasteiger partial charge in [-0.1, -0.05) is 32.8 Å². The summed E-state index contributed by atoms with van der Waals surface area (Å²) in [7, 11) is 0. The first-order valence-corrected chi connectivity index (χ1v) is 4.84. The van der Waals surface area contributed by atoms with Crippen molar-refractivity contribution in [2.75, 3.05) is 0 Å². The van der Waals surface area contributed by atoms with Crippen molar-refractivity contribution < 1.29 is 13.2 Å². The second-order valence-corrected chi connectivity index (χ2v) is 4.65. The molecule has 0 unspecified atom stereocenters. The molecule has 1 aromatic rings. The Morgan fingerprint density at radius 2 is 1.62 bits per heavy atom. The minimum atomic E-state index is -4.37. The molecule has 0 N–H and O–H groups in total. The van der Waals surface area contributed by atoms with Crippen molar-refractivity contribution in [2.24, 2.45) is 0 Å². The van der Waals surface area contributed by atoms with E-state index in [1.807, 2.05) is 0 Å². The highest BCUT2D eigenvalue weighted by molar-refractivity contribution is 5.43. The maximum Gasteiger partial charge on any atom is 0.416 e. The lowest BCUT2D eigenvalue weighted by Crippen LogP contribution is -2.19. The summed E-state index contributed by atoms with van der Waals surface area (Å²) in [4.78, 5) is 0. The van der Waals surface area contributed by atoms with E-state index in [1.54, 1.807) is 20.8 Å². The fourth-order valence-electron chi connectivity index (χ4n) is 1.52. The Morgan fingerprint density at radius 1 is 1.06 bits per heavy atom. The van der Waals surface area contributed by atoms with Crippen LogP contribution in [-0.4, -0.2) is 0 Å². The van der Waals surface area contributed by atoms with Gasteiger partial charge in [0.05, 0.1) is 5.56 Å². The van der Waals surface area contributed by atoms with Crippen LogP contribution in [-0.2, 0) is 11.6 Å². The van der Waals surface area contributed by atoms with Crippen LogP contribution in [0.25, 0.3) is 0 Å². The molecule has 0 atom stereocenters. The van der Waals surface area contributed by atoms with Gasteiger partial charge >= 0.3 is 6.18 Å². The Kier molecular flexibility index (Phi) is 3.05. The van der Waals surface area contributed by atoms with Gasteiger partial charge in [0.15, 0.2) is 0 Å². The lowest BCUT2D eigenvalue weighted by Gasteiger charge is -2.24. The lowest BCUT2D eigenvalue weighted by atomic mass is 9.83. The van der Waals surface area contributed by atoms with Gasteiger partial charge in [0.2, 0.25) is 0 Å². The van der Waals surface area contributed by atoms with E-state index in [1.165, 1.54) is 12.1 Å². The Labute approximate surface area is 93.5 Å². The van der Waals surface area contributed by atoms with Crippen LogP contribution in [0, 0.1) is 12.3 Å². The summed E-state index contributed by atoms with van der Waals surface area (Å²) in [5, 5.41) is 0. The number of benzene rings is 1. The molecule has 0 saturated heterocycles. The van der Waals surface area contributed by atoms with Crippen LogP contribution in [0.15, 0.2) is 18.2 Å². The van der Waals surface area contributed by atoms with Gasteiger partial charge < -0.3 is 0 Å². The highest BCUT2D eigenvalue weighted by atomic mass is 19.4. The molecule has 1 rings (SSSR count). The van der Waals surface area contributed by atoms with Crippen molar-refractivity contribution in [3.8, 4) is 12.3 Å². The molecule has 0 aliphatic carbocycles. The smallest absolute Gasteiger partial charge is 0.166 e. The van der Waals surface area contributed by atoms with E-state index in [9.17, 15) is 13.2 Å². The van der Waals surface area contributed by atoms with Crippen molar-refractivity contribution in [1.82, 2.24) is 0 Å². The Morgan fingerprint density at radius 3 is 2.00 bits per heavy atom. The normalized spacial score (nSPS) is 12.3. The van der Waals surface area contributed by atoms with Crippen LogP contribution in [0.2, 0.25) is 0 Å². The number of terminal acetylenes is 1. The van der Waals surface area contributed by atoms with E-state index in [2.05, 4.69) is 5.92 Å². The van der Waals surface area contributed by atoms with Crippen molar-refractivity contribution in [1.29, 1.82) is 0 Å². The molecule has 0 spiro atoms. The summed E-state index contributed by atoms with van der Waals surface area (Å²) in [6.07, 6.45) is 0.738. The van der Waals surface area contributed by atoms with E-state index in [0.29, 0.717) is 0 Å². The maximum atomic E-state index is 12.8. The van der Waals surface area contributed by atoms with Crippen LogP contribution >= 0.6 is 0 Å². The molecule has 0 aliphatic rings. The second kappa shape index (κ2) is 3.86. The van der Waals surface area contributed by atoms with Crippen molar-refractivity contribution in [3.05, 3.63) is 34.9 Å². The third-order valence-electron chi connectivity index (χ3n) is 2.30. The summed E-state index contributed by atoms with van der Waals surface area (Å²) in [6.45, 7) is 5.23. The first-order chi connectivity index (χ1) is 7.16. The molecule has 0 radical (unpaired) electrons. The van der Waals surface area contributed by atoms with Crippen molar-refractivity contribution in [3.63, 3.8) is 0 Å². The number of rotatable bonds is 0. The topological polar surface area (TPSA) is 0 Å². The zero-order valence-corrected chi connectivity index (χ0v) is 9.44. The standard InChI is InChI=1S/C13H13F3/c1-5-9-6-7-10(12(2,3)4)11(8-9)13(14,15)16/h1,6-8H,2-4H3. The number of alkyl halides is 3. The van der Waals surface area contributed by atoms with Gasteiger partial charge in [-0.2, -0.15) is 13.2 Å². The second-order valence-electron chi connectivity index (χ2n) is 4.65. The Bertz CT molecular complexity index is 428. The van der Waals surface area contributed by atoms with Gasteiger partial charge in [0.1, 0.15) is 0 Å². The van der Waals surface area contributed by atoms with Crippen LogP contribution in [0.1, 0.15) is 37.5 Å². The average molecular weight is 226 g/mol. The fraction of sp³-hybridized carbons (Fsp3) is 0.385. The molecule has 0 saturated carbocycles. The van der Waals surface area contributed by atoms with Crippen LogP contribution in [0.3, 0.4) is 0 Å². The molecule has 86 valence electrons. The van der Waals surface area contributed by atoms with Crippen molar-refractivity contribution >= 4 is 0 Å². The van der Waals surface area contributed by atoms with E-state index >= 15 is 0 Å². The van der Waals surface area contributed by atoms with Crippen LogP contribution < -0.4 is 0 Å². The quantitative estimate of drug-likeness (QED) is 0.587. The highest BCUT2D eigenvalue weighted by Crippen LogP contribution is 2.37. The third-order valence-corrected chi connectivity index (χ3v) is 2.30. The summed E-state index contributed by atoms with van der Waals surface area (Å²) in [5.41, 5.74) is -0.687. The van der Waals surface area contributed by atoms with E-state index < -0.39 is 17.2 Å². The predicted octanol–water partition coefficient (Wildman–Crippen LogP) is 3.98. The molecule has 1 aromatic carbocycles. The number of halogens is 3. The minimum Gasteiger partial charge on any atom is -0.166 e. The van der Waals surface area contributed by atoms with Crippen molar-refractivity contribution in [2.45, 2.75) is 32.4 Å².